The highest BCUT2D eigenvalue weighted by Crippen LogP contribution is 2.32. The summed E-state index contributed by atoms with van der Waals surface area (Å²) < 4.78 is 17.2. The van der Waals surface area contributed by atoms with Crippen molar-refractivity contribution < 1.29 is 19.0 Å². The van der Waals surface area contributed by atoms with Crippen molar-refractivity contribution in [1.82, 2.24) is 15.1 Å². The van der Waals surface area contributed by atoms with E-state index in [0.29, 0.717) is 19.3 Å². The number of carbonyl (C=O) groups is 1. The fourth-order valence-corrected chi connectivity index (χ4v) is 4.02. The number of rotatable bonds is 4. The van der Waals surface area contributed by atoms with Gasteiger partial charge in [-0.25, -0.2) is 4.79 Å². The molecule has 2 saturated heterocycles. The first-order valence-electron chi connectivity index (χ1n) is 10.5. The van der Waals surface area contributed by atoms with Gasteiger partial charge in [-0.1, -0.05) is 6.07 Å². The molecule has 7 heteroatoms. The lowest BCUT2D eigenvalue weighted by molar-refractivity contribution is 0.0559. The second-order valence-corrected chi connectivity index (χ2v) is 7.85. The standard InChI is InChI=1S/C21H31N3O4/c1-16(17-5-6-19-20(14-17)28-13-3-12-27-19)22-21(25)24-9-7-23(8-10-24)15-18-4-2-11-26-18/h5-6,14,16,18H,2-4,7-13,15H2,1H3,(H,22,25). The number of urea groups is 1. The predicted molar refractivity (Wildman–Crippen MR) is 106 cm³/mol. The van der Waals surface area contributed by atoms with Gasteiger partial charge in [0.05, 0.1) is 25.4 Å². The molecule has 1 aromatic carbocycles. The van der Waals surface area contributed by atoms with Crippen LogP contribution in [0.2, 0.25) is 0 Å². The number of hydrogen-bond acceptors (Lipinski definition) is 5. The van der Waals surface area contributed by atoms with Crippen molar-refractivity contribution >= 4 is 6.03 Å². The van der Waals surface area contributed by atoms with Crippen LogP contribution in [0.15, 0.2) is 18.2 Å². The van der Waals surface area contributed by atoms with E-state index in [1.807, 2.05) is 30.0 Å². The van der Waals surface area contributed by atoms with Gasteiger partial charge in [0.1, 0.15) is 0 Å². The maximum Gasteiger partial charge on any atom is 0.317 e. The summed E-state index contributed by atoms with van der Waals surface area (Å²) >= 11 is 0. The van der Waals surface area contributed by atoms with Crippen LogP contribution in [0.5, 0.6) is 11.5 Å². The molecular formula is C21H31N3O4. The molecular weight excluding hydrogens is 358 g/mol. The average Bonchev–Trinajstić information content (AvgIpc) is 3.10. The van der Waals surface area contributed by atoms with Gasteiger partial charge in [-0.2, -0.15) is 0 Å². The van der Waals surface area contributed by atoms with Gasteiger partial charge in [-0.05, 0) is 37.5 Å². The molecule has 1 N–H and O–H groups in total. The summed E-state index contributed by atoms with van der Waals surface area (Å²) in [5, 5.41) is 3.12. The Hall–Kier alpha value is -1.99. The monoisotopic (exact) mass is 389 g/mol. The number of fused-ring (bicyclic) bond motifs is 1. The largest absolute Gasteiger partial charge is 0.490 e. The van der Waals surface area contributed by atoms with E-state index in [-0.39, 0.29) is 12.1 Å². The van der Waals surface area contributed by atoms with Crippen molar-refractivity contribution in [2.24, 2.45) is 0 Å². The highest BCUT2D eigenvalue weighted by Gasteiger charge is 2.25. The van der Waals surface area contributed by atoms with Crippen LogP contribution in [0.3, 0.4) is 0 Å². The SMILES string of the molecule is CC(NC(=O)N1CCN(CC2CCCO2)CC1)c1ccc2c(c1)OCCCO2. The molecule has 2 amide bonds. The van der Waals surface area contributed by atoms with Crippen molar-refractivity contribution in [1.29, 1.82) is 0 Å². The predicted octanol–water partition coefficient (Wildman–Crippen LogP) is 2.42. The Morgan fingerprint density at radius 3 is 2.64 bits per heavy atom. The molecule has 0 aliphatic carbocycles. The lowest BCUT2D eigenvalue weighted by Gasteiger charge is -2.36. The van der Waals surface area contributed by atoms with E-state index in [4.69, 9.17) is 14.2 Å². The second kappa shape index (κ2) is 9.01. The number of piperazine rings is 1. The molecule has 3 aliphatic rings. The Bertz CT molecular complexity index is 670. The van der Waals surface area contributed by atoms with Gasteiger partial charge in [0.2, 0.25) is 0 Å². The summed E-state index contributed by atoms with van der Waals surface area (Å²) in [6.07, 6.45) is 3.59. The van der Waals surface area contributed by atoms with E-state index in [9.17, 15) is 4.79 Å². The lowest BCUT2D eigenvalue weighted by Crippen LogP contribution is -2.53. The first-order chi connectivity index (χ1) is 13.7. The molecule has 28 heavy (non-hydrogen) atoms. The van der Waals surface area contributed by atoms with Crippen LogP contribution in [-0.4, -0.2) is 74.5 Å². The minimum Gasteiger partial charge on any atom is -0.490 e. The van der Waals surface area contributed by atoms with Gasteiger partial charge in [-0.3, -0.25) is 4.90 Å². The zero-order chi connectivity index (χ0) is 19.3. The molecule has 0 radical (unpaired) electrons. The van der Waals surface area contributed by atoms with Gasteiger partial charge in [-0.15, -0.1) is 0 Å². The van der Waals surface area contributed by atoms with Crippen LogP contribution in [-0.2, 0) is 4.74 Å². The third kappa shape index (κ3) is 4.70. The molecule has 2 fully saturated rings. The third-order valence-electron chi connectivity index (χ3n) is 5.76. The molecule has 154 valence electrons. The van der Waals surface area contributed by atoms with E-state index in [1.54, 1.807) is 0 Å². The molecule has 0 saturated carbocycles. The fraction of sp³-hybridized carbons (Fsp3) is 0.667. The normalized spacial score (nSPS) is 23.9. The molecule has 2 unspecified atom stereocenters. The van der Waals surface area contributed by atoms with E-state index in [1.165, 1.54) is 6.42 Å². The van der Waals surface area contributed by atoms with E-state index >= 15 is 0 Å². The molecule has 0 bridgehead atoms. The summed E-state index contributed by atoms with van der Waals surface area (Å²) in [7, 11) is 0. The van der Waals surface area contributed by atoms with Gasteiger partial charge < -0.3 is 24.4 Å². The first kappa shape index (κ1) is 19.3. The van der Waals surface area contributed by atoms with Crippen LogP contribution in [0.4, 0.5) is 4.79 Å². The highest BCUT2D eigenvalue weighted by molar-refractivity contribution is 5.75. The quantitative estimate of drug-likeness (QED) is 0.857. The van der Waals surface area contributed by atoms with Crippen LogP contribution < -0.4 is 14.8 Å². The Morgan fingerprint density at radius 1 is 1.11 bits per heavy atom. The van der Waals surface area contributed by atoms with Crippen molar-refractivity contribution in [3.8, 4) is 11.5 Å². The van der Waals surface area contributed by atoms with Crippen molar-refractivity contribution in [2.75, 3.05) is 52.5 Å². The van der Waals surface area contributed by atoms with E-state index in [0.717, 1.165) is 69.2 Å². The number of benzene rings is 1. The average molecular weight is 389 g/mol. The van der Waals surface area contributed by atoms with Crippen LogP contribution in [0.25, 0.3) is 0 Å². The summed E-state index contributed by atoms with van der Waals surface area (Å²) in [5.74, 6) is 1.54. The summed E-state index contributed by atoms with van der Waals surface area (Å²) in [4.78, 5) is 17.0. The Kier molecular flexibility index (Phi) is 6.22. The maximum atomic E-state index is 12.7. The minimum absolute atomic E-state index is 0.00335. The fourth-order valence-electron chi connectivity index (χ4n) is 4.02. The molecule has 3 aliphatic heterocycles. The molecule has 2 atom stereocenters. The number of nitrogens with zero attached hydrogens (tertiary/aromatic N) is 2. The molecule has 4 rings (SSSR count). The highest BCUT2D eigenvalue weighted by atomic mass is 16.5. The third-order valence-corrected chi connectivity index (χ3v) is 5.76. The lowest BCUT2D eigenvalue weighted by atomic mass is 10.1. The Morgan fingerprint density at radius 2 is 1.89 bits per heavy atom. The Balaban J connectivity index is 1.27. The number of hydrogen-bond donors (Lipinski definition) is 1. The summed E-state index contributed by atoms with van der Waals surface area (Å²) in [6, 6.07) is 5.82. The number of ether oxygens (including phenoxy) is 3. The van der Waals surface area contributed by atoms with E-state index < -0.39 is 0 Å². The van der Waals surface area contributed by atoms with Crippen molar-refractivity contribution in [2.45, 2.75) is 38.3 Å². The molecule has 0 aromatic heterocycles. The van der Waals surface area contributed by atoms with Crippen molar-refractivity contribution in [3.63, 3.8) is 0 Å². The Labute approximate surface area is 166 Å². The van der Waals surface area contributed by atoms with Crippen LogP contribution >= 0.6 is 0 Å². The zero-order valence-electron chi connectivity index (χ0n) is 16.7. The van der Waals surface area contributed by atoms with E-state index in [2.05, 4.69) is 10.2 Å². The minimum atomic E-state index is -0.0884. The molecule has 1 aromatic rings. The zero-order valence-corrected chi connectivity index (χ0v) is 16.7. The maximum absolute atomic E-state index is 12.7. The molecule has 0 spiro atoms. The first-order valence-corrected chi connectivity index (χ1v) is 10.5. The van der Waals surface area contributed by atoms with Crippen LogP contribution in [0, 0.1) is 0 Å². The number of nitrogens with one attached hydrogen (secondary N) is 1. The van der Waals surface area contributed by atoms with Crippen molar-refractivity contribution in [3.05, 3.63) is 23.8 Å². The topological polar surface area (TPSA) is 63.3 Å². The molecule has 7 nitrogen and oxygen atoms in total. The van der Waals surface area contributed by atoms with Gasteiger partial charge in [0.15, 0.2) is 11.5 Å². The van der Waals surface area contributed by atoms with Gasteiger partial charge in [0, 0.05) is 45.8 Å². The number of amides is 2. The number of carbonyl (C=O) groups excluding carboxylic acids is 1. The molecule has 3 heterocycles. The van der Waals surface area contributed by atoms with Gasteiger partial charge >= 0.3 is 6.03 Å². The van der Waals surface area contributed by atoms with Crippen LogP contribution in [0.1, 0.15) is 37.8 Å². The smallest absolute Gasteiger partial charge is 0.317 e. The summed E-state index contributed by atoms with van der Waals surface area (Å²) in [5.41, 5.74) is 1.02. The second-order valence-electron chi connectivity index (χ2n) is 7.85. The van der Waals surface area contributed by atoms with Gasteiger partial charge in [0.25, 0.3) is 0 Å². The summed E-state index contributed by atoms with van der Waals surface area (Å²) in [6.45, 7) is 8.56.